The second-order valence-electron chi connectivity index (χ2n) is 5.54. The minimum Gasteiger partial charge on any atom is -0.379 e. The Hall–Kier alpha value is -0.610. The number of nitrogens with two attached hydrogens (primary N) is 1. The Morgan fingerprint density at radius 2 is 2.19 bits per heavy atom. The Kier molecular flexibility index (Phi) is 4.33. The summed E-state index contributed by atoms with van der Waals surface area (Å²) in [5.41, 5.74) is 5.34. The maximum Gasteiger partial charge on any atom is 0.230 e. The third-order valence-electron chi connectivity index (χ3n) is 3.24. The average molecular weight is 228 g/mol. The lowest BCUT2D eigenvalue weighted by atomic mass is 9.84. The number of carbonyl (C=O) groups is 1. The van der Waals surface area contributed by atoms with Crippen molar-refractivity contribution in [2.24, 2.45) is 17.1 Å². The van der Waals surface area contributed by atoms with Crippen LogP contribution < -0.4 is 11.1 Å². The Morgan fingerprint density at radius 3 is 2.62 bits per heavy atom. The van der Waals surface area contributed by atoms with Crippen molar-refractivity contribution in [2.45, 2.75) is 46.2 Å². The van der Waals surface area contributed by atoms with E-state index in [1.165, 1.54) is 0 Å². The highest BCUT2D eigenvalue weighted by Gasteiger charge is 2.44. The van der Waals surface area contributed by atoms with Crippen LogP contribution in [0.25, 0.3) is 0 Å². The van der Waals surface area contributed by atoms with E-state index >= 15 is 0 Å². The first-order valence-electron chi connectivity index (χ1n) is 6.00. The first-order valence-corrected chi connectivity index (χ1v) is 6.00. The predicted molar refractivity (Wildman–Crippen MR) is 64.0 cm³/mol. The summed E-state index contributed by atoms with van der Waals surface area (Å²) in [6.07, 6.45) is 0.984. The fraction of sp³-hybridized carbons (Fsp3) is 0.917. The van der Waals surface area contributed by atoms with Gasteiger partial charge in [0, 0.05) is 12.1 Å². The molecule has 0 aliphatic carbocycles. The lowest BCUT2D eigenvalue weighted by Crippen LogP contribution is -2.52. The van der Waals surface area contributed by atoms with Crippen LogP contribution in [0.4, 0.5) is 0 Å². The van der Waals surface area contributed by atoms with E-state index in [1.54, 1.807) is 0 Å². The molecule has 1 amide bonds. The van der Waals surface area contributed by atoms with Gasteiger partial charge in [-0.3, -0.25) is 4.79 Å². The molecule has 3 N–H and O–H groups in total. The lowest BCUT2D eigenvalue weighted by Gasteiger charge is -2.28. The molecule has 16 heavy (non-hydrogen) atoms. The van der Waals surface area contributed by atoms with Crippen molar-refractivity contribution in [1.82, 2.24) is 5.32 Å². The standard InChI is InChI=1S/C12H24N2O2/c1-8(2)5-9(3)14-11(15)12(4)7-16-6-10(12)13/h8-10H,5-7,13H2,1-4H3,(H,14,15). The highest BCUT2D eigenvalue weighted by molar-refractivity contribution is 5.83. The zero-order valence-electron chi connectivity index (χ0n) is 10.7. The molecule has 0 radical (unpaired) electrons. The SMILES string of the molecule is CC(C)CC(C)NC(=O)C1(C)COCC1N. The van der Waals surface area contributed by atoms with E-state index in [-0.39, 0.29) is 18.0 Å². The molecule has 1 aliphatic rings. The highest BCUT2D eigenvalue weighted by Crippen LogP contribution is 2.27. The van der Waals surface area contributed by atoms with Gasteiger partial charge in [-0.15, -0.1) is 0 Å². The fourth-order valence-electron chi connectivity index (χ4n) is 2.08. The van der Waals surface area contributed by atoms with Crippen molar-refractivity contribution in [1.29, 1.82) is 0 Å². The van der Waals surface area contributed by atoms with E-state index in [9.17, 15) is 4.79 Å². The Labute approximate surface area is 97.9 Å². The normalized spacial score (nSPS) is 31.8. The fourth-order valence-corrected chi connectivity index (χ4v) is 2.08. The molecular weight excluding hydrogens is 204 g/mol. The molecule has 1 rings (SSSR count). The summed E-state index contributed by atoms with van der Waals surface area (Å²) < 4.78 is 5.27. The van der Waals surface area contributed by atoms with Gasteiger partial charge in [0.2, 0.25) is 5.91 Å². The van der Waals surface area contributed by atoms with Gasteiger partial charge < -0.3 is 15.8 Å². The number of rotatable bonds is 4. The third kappa shape index (κ3) is 2.95. The lowest BCUT2D eigenvalue weighted by molar-refractivity contribution is -0.131. The summed E-state index contributed by atoms with van der Waals surface area (Å²) in [5.74, 6) is 0.599. The van der Waals surface area contributed by atoms with Crippen molar-refractivity contribution in [3.63, 3.8) is 0 Å². The molecule has 3 atom stereocenters. The van der Waals surface area contributed by atoms with Gasteiger partial charge in [0.15, 0.2) is 0 Å². The summed E-state index contributed by atoms with van der Waals surface area (Å²) in [5, 5.41) is 3.03. The molecule has 0 spiro atoms. The summed E-state index contributed by atoms with van der Waals surface area (Å²) >= 11 is 0. The van der Waals surface area contributed by atoms with E-state index in [4.69, 9.17) is 10.5 Å². The van der Waals surface area contributed by atoms with Crippen LogP contribution in [0.5, 0.6) is 0 Å². The average Bonchev–Trinajstić information content (AvgIpc) is 2.46. The molecule has 0 aromatic heterocycles. The van der Waals surface area contributed by atoms with E-state index < -0.39 is 5.41 Å². The van der Waals surface area contributed by atoms with Crippen molar-refractivity contribution < 1.29 is 9.53 Å². The van der Waals surface area contributed by atoms with Crippen molar-refractivity contribution in [2.75, 3.05) is 13.2 Å². The van der Waals surface area contributed by atoms with Crippen LogP contribution >= 0.6 is 0 Å². The minimum atomic E-state index is -0.564. The second-order valence-corrected chi connectivity index (χ2v) is 5.54. The maximum absolute atomic E-state index is 12.1. The summed E-state index contributed by atoms with van der Waals surface area (Å²) in [6, 6.07) is -0.00382. The maximum atomic E-state index is 12.1. The molecule has 4 nitrogen and oxygen atoms in total. The zero-order chi connectivity index (χ0) is 12.3. The van der Waals surface area contributed by atoms with E-state index in [0.29, 0.717) is 19.1 Å². The molecule has 0 aromatic rings. The summed E-state index contributed by atoms with van der Waals surface area (Å²) in [4.78, 5) is 12.1. The molecule has 1 aliphatic heterocycles. The number of hydrogen-bond acceptors (Lipinski definition) is 3. The van der Waals surface area contributed by atoms with Gasteiger partial charge in [-0.25, -0.2) is 0 Å². The molecule has 0 bridgehead atoms. The third-order valence-corrected chi connectivity index (χ3v) is 3.24. The van der Waals surface area contributed by atoms with E-state index in [1.807, 2.05) is 13.8 Å². The van der Waals surface area contributed by atoms with E-state index in [0.717, 1.165) is 6.42 Å². The quantitative estimate of drug-likeness (QED) is 0.751. The first-order chi connectivity index (χ1) is 7.36. The molecule has 0 aromatic carbocycles. The smallest absolute Gasteiger partial charge is 0.230 e. The van der Waals surface area contributed by atoms with E-state index in [2.05, 4.69) is 19.2 Å². The van der Waals surface area contributed by atoms with Crippen LogP contribution in [-0.4, -0.2) is 31.2 Å². The molecule has 94 valence electrons. The van der Waals surface area contributed by atoms with Crippen molar-refractivity contribution >= 4 is 5.91 Å². The molecule has 0 saturated carbocycles. The van der Waals surface area contributed by atoms with Gasteiger partial charge in [0.05, 0.1) is 18.6 Å². The van der Waals surface area contributed by atoms with Gasteiger partial charge in [0.25, 0.3) is 0 Å². The number of amides is 1. The van der Waals surface area contributed by atoms with Crippen molar-refractivity contribution in [3.8, 4) is 0 Å². The van der Waals surface area contributed by atoms with Gasteiger partial charge in [-0.05, 0) is 26.2 Å². The summed E-state index contributed by atoms with van der Waals surface area (Å²) in [7, 11) is 0. The topological polar surface area (TPSA) is 64.3 Å². The summed E-state index contributed by atoms with van der Waals surface area (Å²) in [6.45, 7) is 9.10. The molecule has 4 heteroatoms. The Bertz CT molecular complexity index is 255. The van der Waals surface area contributed by atoms with Gasteiger partial charge in [-0.1, -0.05) is 13.8 Å². The van der Waals surface area contributed by atoms with Crippen LogP contribution in [0.15, 0.2) is 0 Å². The molecular formula is C12H24N2O2. The van der Waals surface area contributed by atoms with Gasteiger partial charge in [0.1, 0.15) is 0 Å². The van der Waals surface area contributed by atoms with Crippen LogP contribution in [0.2, 0.25) is 0 Å². The largest absolute Gasteiger partial charge is 0.379 e. The van der Waals surface area contributed by atoms with Crippen LogP contribution in [0, 0.1) is 11.3 Å². The van der Waals surface area contributed by atoms with Gasteiger partial charge in [-0.2, -0.15) is 0 Å². The van der Waals surface area contributed by atoms with Crippen LogP contribution in [0.3, 0.4) is 0 Å². The monoisotopic (exact) mass is 228 g/mol. The number of carbonyl (C=O) groups excluding carboxylic acids is 1. The van der Waals surface area contributed by atoms with Gasteiger partial charge >= 0.3 is 0 Å². The molecule has 3 unspecified atom stereocenters. The number of nitrogens with one attached hydrogen (secondary N) is 1. The first kappa shape index (κ1) is 13.5. The molecule has 1 saturated heterocycles. The molecule has 1 fully saturated rings. The van der Waals surface area contributed by atoms with Crippen LogP contribution in [-0.2, 0) is 9.53 Å². The van der Waals surface area contributed by atoms with Crippen molar-refractivity contribution in [3.05, 3.63) is 0 Å². The minimum absolute atomic E-state index is 0.0191. The Balaban J connectivity index is 2.51. The predicted octanol–water partition coefficient (Wildman–Crippen LogP) is 0.901. The Morgan fingerprint density at radius 1 is 1.56 bits per heavy atom. The molecule has 1 heterocycles. The highest BCUT2D eigenvalue weighted by atomic mass is 16.5. The number of hydrogen-bond donors (Lipinski definition) is 2. The second kappa shape index (κ2) is 5.15. The zero-order valence-corrected chi connectivity index (χ0v) is 10.7. The number of ether oxygens (including phenoxy) is 1. The van der Waals surface area contributed by atoms with Crippen LogP contribution in [0.1, 0.15) is 34.1 Å².